The third-order valence-electron chi connectivity index (χ3n) is 9.16. The number of esters is 2. The van der Waals surface area contributed by atoms with Gasteiger partial charge in [0.15, 0.2) is 6.10 Å². The summed E-state index contributed by atoms with van der Waals surface area (Å²) < 4.78 is 32.3. The van der Waals surface area contributed by atoms with Crippen LogP contribution in [0.5, 0.6) is 0 Å². The van der Waals surface area contributed by atoms with Gasteiger partial charge >= 0.3 is 11.9 Å². The van der Waals surface area contributed by atoms with Crippen molar-refractivity contribution < 1.29 is 47.8 Å². The summed E-state index contributed by atoms with van der Waals surface area (Å²) in [6, 6.07) is 0. The van der Waals surface area contributed by atoms with Crippen LogP contribution in [0, 0.1) is 0 Å². The second-order valence-corrected chi connectivity index (χ2v) is 15.8. The first-order valence-electron chi connectivity index (χ1n) is 21.1. The number of carbonyl (C=O) groups is 2. The average Bonchev–Trinajstić information content (AvgIpc) is 3.13. The minimum atomic E-state index is -4.86. The molecule has 0 aliphatic heterocycles. The Hall–Kier alpha value is -1.29. The molecule has 10 nitrogen and oxygen atoms in total. The van der Waals surface area contributed by atoms with Crippen LogP contribution < -0.4 is 4.89 Å². The molecule has 0 amide bonds. The van der Waals surface area contributed by atoms with Gasteiger partial charge in [-0.1, -0.05) is 161 Å². The number of ether oxygens (including phenoxy) is 2. The highest BCUT2D eigenvalue weighted by Crippen LogP contribution is 2.38. The molecule has 0 fully saturated rings. The van der Waals surface area contributed by atoms with Crippen LogP contribution in [0.1, 0.15) is 200 Å². The number of aliphatic hydroxyl groups excluding tert-OH is 2. The predicted molar refractivity (Wildman–Crippen MR) is 208 cm³/mol. The van der Waals surface area contributed by atoms with E-state index in [0.717, 1.165) is 57.8 Å². The monoisotopic (exact) mass is 762 g/mol. The highest BCUT2D eigenvalue weighted by atomic mass is 31.2. The molecule has 0 bridgehead atoms. The van der Waals surface area contributed by atoms with E-state index in [0.29, 0.717) is 12.8 Å². The Morgan fingerprint density at radius 2 is 0.962 bits per heavy atom. The number of aliphatic hydroxyl groups is 2. The summed E-state index contributed by atoms with van der Waals surface area (Å²) in [5, 5.41) is 18.3. The molecule has 52 heavy (non-hydrogen) atoms. The normalized spacial score (nSPS) is 14.0. The highest BCUT2D eigenvalue weighted by molar-refractivity contribution is 7.45. The van der Waals surface area contributed by atoms with Crippen LogP contribution >= 0.6 is 7.82 Å². The lowest BCUT2D eigenvalue weighted by Gasteiger charge is -2.26. The van der Waals surface area contributed by atoms with E-state index in [9.17, 15) is 24.2 Å². The second-order valence-electron chi connectivity index (χ2n) is 14.4. The van der Waals surface area contributed by atoms with Gasteiger partial charge in [0.2, 0.25) is 0 Å². The first-order valence-corrected chi connectivity index (χ1v) is 22.6. The third-order valence-corrected chi connectivity index (χ3v) is 10.1. The lowest BCUT2D eigenvalue weighted by atomic mass is 10.0. The summed E-state index contributed by atoms with van der Waals surface area (Å²) in [6.45, 7) is 2.20. The largest absolute Gasteiger partial charge is 0.756 e. The molecule has 0 radical (unpaired) electrons. The number of unbranched alkanes of at least 4 members (excludes halogenated alkanes) is 24. The van der Waals surface area contributed by atoms with Gasteiger partial charge in [-0.3, -0.25) is 14.2 Å². The molecule has 0 saturated carbocycles. The van der Waals surface area contributed by atoms with Crippen LogP contribution in [0.3, 0.4) is 0 Å². The topological polar surface area (TPSA) is 152 Å². The molecule has 0 rings (SSSR count). The van der Waals surface area contributed by atoms with E-state index in [4.69, 9.17) is 19.1 Å². The molecule has 0 spiro atoms. The Morgan fingerprint density at radius 1 is 0.577 bits per heavy atom. The van der Waals surface area contributed by atoms with Crippen molar-refractivity contribution in [3.05, 3.63) is 12.2 Å². The van der Waals surface area contributed by atoms with Crippen molar-refractivity contribution in [2.45, 2.75) is 212 Å². The molecule has 308 valence electrons. The molecule has 2 N–H and O–H groups in total. The molecular formula is C41H78O10P-. The summed E-state index contributed by atoms with van der Waals surface area (Å²) in [5.41, 5.74) is 0. The molecule has 0 aromatic heterocycles. The van der Waals surface area contributed by atoms with E-state index in [2.05, 4.69) is 30.5 Å². The van der Waals surface area contributed by atoms with Gasteiger partial charge in [0, 0.05) is 12.8 Å². The molecule has 0 aromatic carbocycles. The van der Waals surface area contributed by atoms with Gasteiger partial charge in [0.25, 0.3) is 7.82 Å². The Morgan fingerprint density at radius 3 is 1.40 bits per heavy atom. The van der Waals surface area contributed by atoms with Gasteiger partial charge in [0.05, 0.1) is 19.8 Å². The van der Waals surface area contributed by atoms with E-state index >= 15 is 0 Å². The summed E-state index contributed by atoms with van der Waals surface area (Å²) >= 11 is 0. The number of hydrogen-bond acceptors (Lipinski definition) is 10. The Kier molecular flexibility index (Phi) is 37.1. The molecule has 0 saturated heterocycles. The molecule has 0 aliphatic carbocycles. The molecular weight excluding hydrogens is 683 g/mol. The first kappa shape index (κ1) is 50.7. The molecule has 11 heteroatoms. The van der Waals surface area contributed by atoms with Crippen molar-refractivity contribution >= 4 is 19.8 Å². The van der Waals surface area contributed by atoms with Crippen molar-refractivity contribution in [3.63, 3.8) is 0 Å². The maximum absolute atomic E-state index is 12.6. The number of phosphoric ester groups is 1. The predicted octanol–water partition coefficient (Wildman–Crippen LogP) is 10.2. The summed E-state index contributed by atoms with van der Waals surface area (Å²) in [5.74, 6) is -0.962. The lowest BCUT2D eigenvalue weighted by Crippen LogP contribution is -2.30. The number of allylic oxidation sites excluding steroid dienone is 2. The zero-order valence-corrected chi connectivity index (χ0v) is 34.1. The van der Waals surface area contributed by atoms with E-state index in [-0.39, 0.29) is 19.4 Å². The highest BCUT2D eigenvalue weighted by Gasteiger charge is 2.21. The number of carbonyl (C=O) groups excluding carboxylic acids is 2. The van der Waals surface area contributed by atoms with Crippen LogP contribution in [0.15, 0.2) is 12.2 Å². The van der Waals surface area contributed by atoms with Crippen molar-refractivity contribution in [3.8, 4) is 0 Å². The van der Waals surface area contributed by atoms with Crippen LogP contribution in [-0.2, 0) is 32.7 Å². The fourth-order valence-corrected chi connectivity index (χ4v) is 6.64. The van der Waals surface area contributed by atoms with E-state index in [1.807, 2.05) is 0 Å². The van der Waals surface area contributed by atoms with Gasteiger partial charge in [-0.25, -0.2) is 0 Å². The zero-order valence-electron chi connectivity index (χ0n) is 33.3. The zero-order chi connectivity index (χ0) is 38.4. The Bertz CT molecular complexity index is 884. The lowest BCUT2D eigenvalue weighted by molar-refractivity contribution is -0.230. The standard InChI is InChI=1S/C41H79O10P/c1-3-5-7-9-11-13-15-17-19-21-23-25-27-29-31-33-41(45)51-39(37-50-52(46,47)49-35-38(43)34-42)36-48-40(44)32-30-28-26-24-22-20-18-16-14-12-10-8-6-4-2/h17,19,38-39,42-43H,3-16,18,20-37H2,1-2H3,(H,46,47)/p-1/b19-17-/t38-,39+/m0/s1. The summed E-state index contributed by atoms with van der Waals surface area (Å²) in [6.07, 6.45) is 34.3. The van der Waals surface area contributed by atoms with Crippen LogP contribution in [0.2, 0.25) is 0 Å². The van der Waals surface area contributed by atoms with Crippen LogP contribution in [-0.4, -0.2) is 60.8 Å². The van der Waals surface area contributed by atoms with Gasteiger partial charge < -0.3 is 33.6 Å². The maximum atomic E-state index is 12.6. The number of hydrogen-bond donors (Lipinski definition) is 2. The maximum Gasteiger partial charge on any atom is 0.306 e. The third kappa shape index (κ3) is 37.0. The first-order chi connectivity index (χ1) is 25.2. The Labute approximate surface area is 317 Å². The smallest absolute Gasteiger partial charge is 0.306 e. The van der Waals surface area contributed by atoms with E-state index in [1.54, 1.807) is 0 Å². The quantitative estimate of drug-likeness (QED) is 0.0267. The van der Waals surface area contributed by atoms with Gasteiger partial charge in [-0.2, -0.15) is 0 Å². The SMILES string of the molecule is CCCCCCCC/C=C\CCCCCCCC(=O)O[C@H](COC(=O)CCCCCCCCCCCCCCCC)COP(=O)([O-])OC[C@@H](O)CO. The van der Waals surface area contributed by atoms with Crippen molar-refractivity contribution in [2.24, 2.45) is 0 Å². The summed E-state index contributed by atoms with van der Waals surface area (Å²) in [7, 11) is -4.86. The van der Waals surface area contributed by atoms with E-state index in [1.165, 1.54) is 103 Å². The fraction of sp³-hybridized carbons (Fsp3) is 0.902. The molecule has 0 aliphatic rings. The minimum absolute atomic E-state index is 0.163. The van der Waals surface area contributed by atoms with Crippen molar-refractivity contribution in [1.29, 1.82) is 0 Å². The fourth-order valence-electron chi connectivity index (χ4n) is 5.86. The van der Waals surface area contributed by atoms with Gasteiger partial charge in [-0.05, 0) is 38.5 Å². The molecule has 3 atom stereocenters. The molecule has 0 heterocycles. The average molecular weight is 762 g/mol. The van der Waals surface area contributed by atoms with Crippen molar-refractivity contribution in [1.82, 2.24) is 0 Å². The minimum Gasteiger partial charge on any atom is -0.756 e. The molecule has 1 unspecified atom stereocenters. The van der Waals surface area contributed by atoms with E-state index < -0.39 is 51.8 Å². The number of rotatable bonds is 40. The van der Waals surface area contributed by atoms with Gasteiger partial charge in [0.1, 0.15) is 12.7 Å². The molecule has 0 aromatic rings. The second kappa shape index (κ2) is 38.0. The van der Waals surface area contributed by atoms with Crippen LogP contribution in [0.4, 0.5) is 0 Å². The van der Waals surface area contributed by atoms with Crippen molar-refractivity contribution in [2.75, 3.05) is 26.4 Å². The summed E-state index contributed by atoms with van der Waals surface area (Å²) in [4.78, 5) is 37.1. The number of phosphoric acid groups is 1. The Balaban J connectivity index is 4.30. The van der Waals surface area contributed by atoms with Gasteiger partial charge in [-0.15, -0.1) is 0 Å². The van der Waals surface area contributed by atoms with Crippen LogP contribution in [0.25, 0.3) is 0 Å².